The van der Waals surface area contributed by atoms with E-state index in [1.807, 2.05) is 0 Å². The number of amides is 2. The molecule has 1 aromatic carbocycles. The van der Waals surface area contributed by atoms with Crippen LogP contribution in [0.15, 0.2) is 29.1 Å². The highest BCUT2D eigenvalue weighted by molar-refractivity contribution is 5.94. The maximum absolute atomic E-state index is 13.1. The van der Waals surface area contributed by atoms with Crippen LogP contribution in [-0.2, 0) is 17.8 Å². The van der Waals surface area contributed by atoms with Crippen LogP contribution in [0.25, 0.3) is 0 Å². The van der Waals surface area contributed by atoms with Gasteiger partial charge in [-0.2, -0.15) is 0 Å². The lowest BCUT2D eigenvalue weighted by Gasteiger charge is -2.34. The van der Waals surface area contributed by atoms with Gasteiger partial charge in [-0.05, 0) is 51.3 Å². The Bertz CT molecular complexity index is 1080. The van der Waals surface area contributed by atoms with E-state index in [2.05, 4.69) is 10.3 Å². The number of hydrogen-bond donors (Lipinski definition) is 2. The number of aromatic hydroxyl groups is 1. The first-order chi connectivity index (χ1) is 15.0. The third kappa shape index (κ3) is 5.06. The Morgan fingerprint density at radius 1 is 1.31 bits per heavy atom. The lowest BCUT2D eigenvalue weighted by molar-refractivity contribution is 0.0184. The number of nitrogens with one attached hydrogen (secondary N) is 1. The van der Waals surface area contributed by atoms with E-state index in [0.29, 0.717) is 24.9 Å². The minimum Gasteiger partial charge on any atom is -0.501 e. The lowest BCUT2D eigenvalue weighted by atomic mass is 10.0. The summed E-state index contributed by atoms with van der Waals surface area (Å²) < 4.78 is 19.7. The minimum absolute atomic E-state index is 0.0554. The number of nitrogens with zero attached hydrogens (tertiary/aromatic N) is 3. The van der Waals surface area contributed by atoms with E-state index in [1.165, 1.54) is 33.7 Å². The molecule has 172 valence electrons. The summed E-state index contributed by atoms with van der Waals surface area (Å²) >= 11 is 0. The van der Waals surface area contributed by atoms with Gasteiger partial charge in [-0.25, -0.2) is 14.2 Å². The Kier molecular flexibility index (Phi) is 6.52. The average molecular weight is 446 g/mol. The fraction of sp³-hybridized carbons (Fsp3) is 0.455. The molecule has 1 aliphatic rings. The largest absolute Gasteiger partial charge is 0.501 e. The molecule has 10 heteroatoms. The maximum Gasteiger partial charge on any atom is 0.410 e. The molecule has 1 atom stereocenters. The molecule has 3 rings (SSSR count). The molecular weight excluding hydrogens is 419 g/mol. The second kappa shape index (κ2) is 8.97. The van der Waals surface area contributed by atoms with Gasteiger partial charge in [0.05, 0.1) is 6.04 Å². The van der Waals surface area contributed by atoms with Crippen molar-refractivity contribution in [1.29, 1.82) is 0 Å². The first kappa shape index (κ1) is 23.2. The van der Waals surface area contributed by atoms with Crippen LogP contribution in [0.5, 0.6) is 5.75 Å². The molecule has 0 saturated carbocycles. The Morgan fingerprint density at radius 2 is 1.97 bits per heavy atom. The molecule has 1 aromatic heterocycles. The third-order valence-electron chi connectivity index (χ3n) is 5.06. The van der Waals surface area contributed by atoms with Crippen LogP contribution in [-0.4, -0.2) is 44.2 Å². The highest BCUT2D eigenvalue weighted by Crippen LogP contribution is 2.30. The van der Waals surface area contributed by atoms with Gasteiger partial charge in [0.15, 0.2) is 5.69 Å². The summed E-state index contributed by atoms with van der Waals surface area (Å²) in [6.45, 7) is 5.61. The SMILES string of the molecule is CN(C(=O)OC(C)(C)C)C1CCCn2c1nc(C(=O)NCc1ccc(F)cc1)c(O)c2=O. The molecule has 0 saturated heterocycles. The summed E-state index contributed by atoms with van der Waals surface area (Å²) in [5, 5.41) is 12.9. The second-order valence-electron chi connectivity index (χ2n) is 8.68. The lowest BCUT2D eigenvalue weighted by Crippen LogP contribution is -2.42. The number of fused-ring (bicyclic) bond motifs is 1. The number of aromatic nitrogens is 2. The zero-order valence-electron chi connectivity index (χ0n) is 18.5. The number of hydrogen-bond acceptors (Lipinski definition) is 6. The van der Waals surface area contributed by atoms with E-state index < -0.39 is 46.5 Å². The van der Waals surface area contributed by atoms with Crippen LogP contribution in [0.2, 0.25) is 0 Å². The van der Waals surface area contributed by atoms with Gasteiger partial charge in [0.1, 0.15) is 17.2 Å². The first-order valence-electron chi connectivity index (χ1n) is 10.3. The Balaban J connectivity index is 1.88. The molecule has 2 amide bonds. The van der Waals surface area contributed by atoms with Gasteiger partial charge in [0.2, 0.25) is 5.75 Å². The molecule has 0 radical (unpaired) electrons. The Hall–Kier alpha value is -3.43. The molecule has 2 N–H and O–H groups in total. The van der Waals surface area contributed by atoms with E-state index in [9.17, 15) is 23.9 Å². The number of halogens is 1. The van der Waals surface area contributed by atoms with E-state index >= 15 is 0 Å². The van der Waals surface area contributed by atoms with Crippen molar-refractivity contribution in [2.24, 2.45) is 0 Å². The highest BCUT2D eigenvalue weighted by atomic mass is 19.1. The molecule has 2 aromatic rings. The van der Waals surface area contributed by atoms with Crippen molar-refractivity contribution in [3.05, 3.63) is 57.5 Å². The summed E-state index contributed by atoms with van der Waals surface area (Å²) in [6.07, 6.45) is 0.520. The van der Waals surface area contributed by atoms with Crippen molar-refractivity contribution in [2.75, 3.05) is 7.05 Å². The number of carbonyl (C=O) groups excluding carboxylic acids is 2. The molecule has 1 unspecified atom stereocenters. The monoisotopic (exact) mass is 446 g/mol. The molecular formula is C22H27FN4O5. The molecule has 2 heterocycles. The van der Waals surface area contributed by atoms with Crippen molar-refractivity contribution in [1.82, 2.24) is 19.8 Å². The van der Waals surface area contributed by atoms with Gasteiger partial charge in [-0.1, -0.05) is 12.1 Å². The zero-order chi connectivity index (χ0) is 23.6. The van der Waals surface area contributed by atoms with E-state index in [-0.39, 0.29) is 12.4 Å². The van der Waals surface area contributed by atoms with E-state index in [0.717, 1.165) is 0 Å². The summed E-state index contributed by atoms with van der Waals surface area (Å²) in [6, 6.07) is 4.95. The van der Waals surface area contributed by atoms with Crippen LogP contribution in [0, 0.1) is 5.82 Å². The average Bonchev–Trinajstić information content (AvgIpc) is 2.73. The Morgan fingerprint density at radius 3 is 2.59 bits per heavy atom. The van der Waals surface area contributed by atoms with Gasteiger partial charge in [-0.3, -0.25) is 14.2 Å². The summed E-state index contributed by atoms with van der Waals surface area (Å²) in [4.78, 5) is 43.6. The molecule has 0 aliphatic carbocycles. The van der Waals surface area contributed by atoms with Crippen LogP contribution < -0.4 is 10.9 Å². The maximum atomic E-state index is 13.1. The van der Waals surface area contributed by atoms with E-state index in [1.54, 1.807) is 27.8 Å². The second-order valence-corrected chi connectivity index (χ2v) is 8.68. The Labute approximate surface area is 184 Å². The molecule has 0 fully saturated rings. The number of carbonyl (C=O) groups is 2. The van der Waals surface area contributed by atoms with Gasteiger partial charge in [-0.15, -0.1) is 0 Å². The van der Waals surface area contributed by atoms with Gasteiger partial charge in [0.25, 0.3) is 11.5 Å². The first-order valence-corrected chi connectivity index (χ1v) is 10.3. The van der Waals surface area contributed by atoms with Crippen molar-refractivity contribution >= 4 is 12.0 Å². The van der Waals surface area contributed by atoms with Crippen LogP contribution in [0.4, 0.5) is 9.18 Å². The quantitative estimate of drug-likeness (QED) is 0.747. The predicted octanol–water partition coefficient (Wildman–Crippen LogP) is 2.72. The minimum atomic E-state index is -0.758. The molecule has 1 aliphatic heterocycles. The van der Waals surface area contributed by atoms with Crippen molar-refractivity contribution in [3.63, 3.8) is 0 Å². The van der Waals surface area contributed by atoms with E-state index in [4.69, 9.17) is 4.74 Å². The van der Waals surface area contributed by atoms with Crippen molar-refractivity contribution < 1.29 is 23.8 Å². The molecule has 9 nitrogen and oxygen atoms in total. The fourth-order valence-electron chi connectivity index (χ4n) is 3.46. The van der Waals surface area contributed by atoms with Gasteiger partial charge >= 0.3 is 6.09 Å². The molecule has 0 spiro atoms. The molecule has 0 bridgehead atoms. The van der Waals surface area contributed by atoms with Crippen molar-refractivity contribution in [3.8, 4) is 5.75 Å². The predicted molar refractivity (Wildman–Crippen MR) is 114 cm³/mol. The summed E-state index contributed by atoms with van der Waals surface area (Å²) in [5.41, 5.74) is -1.23. The number of ether oxygens (including phenoxy) is 1. The number of benzene rings is 1. The van der Waals surface area contributed by atoms with Crippen LogP contribution in [0.3, 0.4) is 0 Å². The third-order valence-corrected chi connectivity index (χ3v) is 5.06. The topological polar surface area (TPSA) is 114 Å². The normalized spacial score (nSPS) is 15.6. The van der Waals surface area contributed by atoms with Crippen LogP contribution >= 0.6 is 0 Å². The number of rotatable bonds is 4. The smallest absolute Gasteiger partial charge is 0.410 e. The van der Waals surface area contributed by atoms with Crippen molar-refractivity contribution in [2.45, 2.75) is 58.3 Å². The van der Waals surface area contributed by atoms with Crippen LogP contribution in [0.1, 0.15) is 61.5 Å². The summed E-state index contributed by atoms with van der Waals surface area (Å²) in [7, 11) is 1.54. The summed E-state index contributed by atoms with van der Waals surface area (Å²) in [5.74, 6) is -1.70. The zero-order valence-corrected chi connectivity index (χ0v) is 18.5. The highest BCUT2D eigenvalue weighted by Gasteiger charge is 2.34. The van der Waals surface area contributed by atoms with Gasteiger partial charge in [0, 0.05) is 20.1 Å². The van der Waals surface area contributed by atoms with Gasteiger partial charge < -0.3 is 20.1 Å². The molecule has 32 heavy (non-hydrogen) atoms. The fourth-order valence-corrected chi connectivity index (χ4v) is 3.46. The standard InChI is InChI=1S/C22H27FN4O5/c1-22(2,3)32-21(31)26(4)15-6-5-11-27-18(15)25-16(17(28)20(27)30)19(29)24-12-13-7-9-14(23)10-8-13/h7-10,15,28H,5-6,11-12H2,1-4H3,(H,24,29).